The first-order valence-electron chi connectivity index (χ1n) is 40.1. The first-order chi connectivity index (χ1) is 48.0. The van der Waals surface area contributed by atoms with Gasteiger partial charge in [-0.25, -0.2) is 9.13 Å². The van der Waals surface area contributed by atoms with Crippen LogP contribution >= 0.6 is 15.6 Å². The Balaban J connectivity index is 5.09. The van der Waals surface area contributed by atoms with Crippen LogP contribution in [0.3, 0.4) is 0 Å². The molecule has 0 saturated heterocycles. The number of hydrogen-bond acceptors (Lipinski definition) is 15. The molecule has 0 heterocycles. The number of aldehydes is 3. The SMILES string of the molecule is CCCCCCCCCCCCCCCC(=O)O[C@H](COCCCCCCCCC/C=C\CCCCCCC=O)COP(=O)(O)OC[C@H](O)COP(=O)(O)OC[C@@H](COCCCCCCCCC/C=C\CCCCCCC=O)OCCCCCCCCC/C=C\CCCCCCC=O. The summed E-state index contributed by atoms with van der Waals surface area (Å²) in [4.78, 5) is 65.7. The lowest BCUT2D eigenvalue weighted by molar-refractivity contribution is -0.154. The molecule has 98 heavy (non-hydrogen) atoms. The van der Waals surface area contributed by atoms with Crippen LogP contribution in [-0.2, 0) is 65.4 Å². The molecule has 0 aliphatic heterocycles. The van der Waals surface area contributed by atoms with E-state index in [4.69, 9.17) is 37.0 Å². The van der Waals surface area contributed by atoms with Crippen molar-refractivity contribution in [1.82, 2.24) is 0 Å². The highest BCUT2D eigenvalue weighted by atomic mass is 31.2. The Hall–Kier alpha value is -2.24. The molecule has 0 bridgehead atoms. The molecule has 0 aromatic carbocycles. The van der Waals surface area contributed by atoms with Gasteiger partial charge in [0.05, 0.1) is 39.6 Å². The van der Waals surface area contributed by atoms with Crippen LogP contribution in [-0.4, -0.2) is 117 Å². The molecule has 0 rings (SSSR count). The second-order valence-corrected chi connectivity index (χ2v) is 30.1. The molecular formula is C79H148O17P2. The minimum absolute atomic E-state index is 0.0426. The van der Waals surface area contributed by atoms with Crippen molar-refractivity contribution in [3.05, 3.63) is 36.5 Å². The van der Waals surface area contributed by atoms with Crippen LogP contribution in [0.2, 0.25) is 0 Å². The Morgan fingerprint density at radius 3 is 0.898 bits per heavy atom. The lowest BCUT2D eigenvalue weighted by atomic mass is 10.0. The maximum Gasteiger partial charge on any atom is 0.472 e. The van der Waals surface area contributed by atoms with Gasteiger partial charge >= 0.3 is 21.6 Å². The number of rotatable bonds is 83. The first kappa shape index (κ1) is 95.8. The Labute approximate surface area is 598 Å². The lowest BCUT2D eigenvalue weighted by Gasteiger charge is -2.21. The van der Waals surface area contributed by atoms with Crippen molar-refractivity contribution >= 4 is 40.5 Å². The molecular weight excluding hydrogens is 1280 g/mol. The molecule has 0 aromatic heterocycles. The summed E-state index contributed by atoms with van der Waals surface area (Å²) in [6.07, 6.45) is 74.3. The minimum Gasteiger partial charge on any atom is -0.457 e. The number of aliphatic hydroxyl groups excluding tert-OH is 1. The van der Waals surface area contributed by atoms with Crippen molar-refractivity contribution in [2.24, 2.45) is 0 Å². The zero-order valence-electron chi connectivity index (χ0n) is 62.3. The molecule has 0 saturated carbocycles. The molecule has 3 N–H and O–H groups in total. The smallest absolute Gasteiger partial charge is 0.457 e. The Morgan fingerprint density at radius 2 is 0.571 bits per heavy atom. The first-order valence-corrected chi connectivity index (χ1v) is 43.1. The number of carbonyl (C=O) groups excluding carboxylic acids is 4. The molecule has 5 atom stereocenters. The summed E-state index contributed by atoms with van der Waals surface area (Å²) in [6, 6.07) is 0. The van der Waals surface area contributed by atoms with Crippen LogP contribution < -0.4 is 0 Å². The van der Waals surface area contributed by atoms with Crippen LogP contribution in [0.5, 0.6) is 0 Å². The van der Waals surface area contributed by atoms with Crippen molar-refractivity contribution in [2.75, 3.05) is 59.5 Å². The number of ether oxygens (including phenoxy) is 4. The maximum atomic E-state index is 13.1. The van der Waals surface area contributed by atoms with Gasteiger partial charge in [0, 0.05) is 45.5 Å². The summed E-state index contributed by atoms with van der Waals surface area (Å²) in [6.45, 7) is 1.42. The van der Waals surface area contributed by atoms with E-state index >= 15 is 0 Å². The van der Waals surface area contributed by atoms with E-state index < -0.39 is 59.7 Å². The average Bonchev–Trinajstić information content (AvgIpc) is 1.19. The zero-order chi connectivity index (χ0) is 71.3. The van der Waals surface area contributed by atoms with Gasteiger partial charge in [0.2, 0.25) is 0 Å². The topological polar surface area (TPSA) is 237 Å². The van der Waals surface area contributed by atoms with Gasteiger partial charge in [0.15, 0.2) is 0 Å². The van der Waals surface area contributed by atoms with Gasteiger partial charge < -0.3 is 48.2 Å². The number of aliphatic hydroxyl groups is 1. The van der Waals surface area contributed by atoms with Crippen LogP contribution in [0.4, 0.5) is 0 Å². The van der Waals surface area contributed by atoms with Crippen molar-refractivity contribution in [3.8, 4) is 0 Å². The van der Waals surface area contributed by atoms with Crippen LogP contribution in [0.15, 0.2) is 36.5 Å². The predicted octanol–water partition coefficient (Wildman–Crippen LogP) is 22.1. The molecule has 2 unspecified atom stereocenters. The van der Waals surface area contributed by atoms with Crippen LogP contribution in [0.25, 0.3) is 0 Å². The number of esters is 1. The summed E-state index contributed by atoms with van der Waals surface area (Å²) < 4.78 is 70.7. The van der Waals surface area contributed by atoms with Gasteiger partial charge in [-0.3, -0.25) is 22.9 Å². The molecule has 17 nitrogen and oxygen atoms in total. The number of phosphoric ester groups is 2. The number of phosphoric acid groups is 2. The fourth-order valence-electron chi connectivity index (χ4n) is 11.5. The van der Waals surface area contributed by atoms with Gasteiger partial charge in [-0.05, 0) is 122 Å². The molecule has 0 aromatic rings. The molecule has 0 amide bonds. The van der Waals surface area contributed by atoms with Gasteiger partial charge in [-0.2, -0.15) is 0 Å². The van der Waals surface area contributed by atoms with E-state index in [0.29, 0.717) is 45.5 Å². The monoisotopic (exact) mass is 1430 g/mol. The van der Waals surface area contributed by atoms with Gasteiger partial charge in [0.25, 0.3) is 0 Å². The van der Waals surface area contributed by atoms with Crippen molar-refractivity contribution in [2.45, 2.75) is 385 Å². The van der Waals surface area contributed by atoms with Crippen LogP contribution in [0.1, 0.15) is 366 Å². The molecule has 0 aliphatic rings. The summed E-state index contributed by atoms with van der Waals surface area (Å²) in [5.74, 6) is -0.445. The normalized spacial score (nSPS) is 14.2. The molecule has 0 spiro atoms. The fraction of sp³-hybridized carbons (Fsp3) is 0.873. The predicted molar refractivity (Wildman–Crippen MR) is 401 cm³/mol. The summed E-state index contributed by atoms with van der Waals surface area (Å²) in [5.41, 5.74) is 0. The Bertz CT molecular complexity index is 1900. The highest BCUT2D eigenvalue weighted by Gasteiger charge is 2.29. The second kappa shape index (κ2) is 77.4. The third kappa shape index (κ3) is 76.4. The number of carbonyl (C=O) groups is 4. The molecule has 0 fully saturated rings. The van der Waals surface area contributed by atoms with E-state index in [2.05, 4.69) is 43.4 Å². The van der Waals surface area contributed by atoms with Crippen LogP contribution in [0, 0.1) is 0 Å². The van der Waals surface area contributed by atoms with Gasteiger partial charge in [-0.15, -0.1) is 0 Å². The lowest BCUT2D eigenvalue weighted by Crippen LogP contribution is -2.29. The molecule has 0 radical (unpaired) electrons. The van der Waals surface area contributed by atoms with Crippen molar-refractivity contribution in [1.29, 1.82) is 0 Å². The van der Waals surface area contributed by atoms with E-state index in [1.165, 1.54) is 161 Å². The average molecular weight is 1430 g/mol. The quantitative estimate of drug-likeness (QED) is 0.0169. The second-order valence-electron chi connectivity index (χ2n) is 27.2. The Morgan fingerprint density at radius 1 is 0.316 bits per heavy atom. The number of unbranched alkanes of at least 4 members (excludes halogenated alkanes) is 48. The fourth-order valence-corrected chi connectivity index (χ4v) is 13.1. The van der Waals surface area contributed by atoms with E-state index in [1.54, 1.807) is 0 Å². The number of hydrogen-bond donors (Lipinski definition) is 3. The highest BCUT2D eigenvalue weighted by Crippen LogP contribution is 2.45. The largest absolute Gasteiger partial charge is 0.472 e. The molecule has 19 heteroatoms. The van der Waals surface area contributed by atoms with Crippen molar-refractivity contribution < 1.29 is 80.2 Å². The standard InChI is InChI=1S/C79H148O17P2/c1-2-3-4-5-6-7-8-21-28-35-42-49-56-63-79(84)96-78(73-90-68-61-54-47-40-33-26-19-13-10-16-23-30-37-44-51-58-65-81)75-95-98(87,88)93-71-76(83)70-92-97(85,86)94-74-77(91-69-62-55-48-41-34-27-20-14-11-17-24-31-38-45-52-59-66-82)72-89-67-60-53-46-39-32-25-18-12-9-15-22-29-36-43-50-57-64-80/h9-11,15-17,64-66,76-78,83H,2-8,12-14,18-63,67-75H2,1H3,(H,85,86)(H,87,88)/b15-9-,16-10-,17-11-/t76-,77-,78-/m1/s1. The zero-order valence-corrected chi connectivity index (χ0v) is 64.1. The van der Waals surface area contributed by atoms with Gasteiger partial charge in [-0.1, -0.05) is 255 Å². The van der Waals surface area contributed by atoms with Gasteiger partial charge in [0.1, 0.15) is 37.2 Å². The summed E-state index contributed by atoms with van der Waals surface area (Å²) >= 11 is 0. The van der Waals surface area contributed by atoms with E-state index in [1.807, 2.05) is 0 Å². The van der Waals surface area contributed by atoms with E-state index in [-0.39, 0.29) is 26.2 Å². The number of allylic oxidation sites excluding steroid dienone is 6. The molecule has 0 aliphatic carbocycles. The summed E-state index contributed by atoms with van der Waals surface area (Å²) in [5, 5.41) is 10.7. The maximum absolute atomic E-state index is 13.1. The van der Waals surface area contributed by atoms with E-state index in [0.717, 1.165) is 186 Å². The Kier molecular flexibility index (Phi) is 75.6. The third-order valence-electron chi connectivity index (χ3n) is 17.6. The third-order valence-corrected chi connectivity index (χ3v) is 19.5. The van der Waals surface area contributed by atoms with Crippen molar-refractivity contribution in [3.63, 3.8) is 0 Å². The highest BCUT2D eigenvalue weighted by molar-refractivity contribution is 7.47. The van der Waals surface area contributed by atoms with E-state index in [9.17, 15) is 43.2 Å². The minimum atomic E-state index is -4.82. The molecule has 576 valence electrons. The summed E-state index contributed by atoms with van der Waals surface area (Å²) in [7, 11) is -9.55.